The number of hydrogen-bond donors (Lipinski definition) is 22. The predicted octanol–water partition coefficient (Wildman–Crippen LogP) is -4.83. The monoisotopic (exact) mass is 1650 g/mol. The molecule has 24 N–H and O–H groups in total. The molecule has 5 aromatic rings. The van der Waals surface area contributed by atoms with Gasteiger partial charge in [0.25, 0.3) is 0 Å². The summed E-state index contributed by atoms with van der Waals surface area (Å²) >= 11 is 0. The maximum absolute atomic E-state index is 15.6. The highest BCUT2D eigenvalue weighted by atomic mass is 33.1. The Bertz CT molecular complexity index is 4310. The van der Waals surface area contributed by atoms with Crippen LogP contribution in [0, 0.1) is 11.3 Å². The van der Waals surface area contributed by atoms with E-state index >= 15 is 38.4 Å². The summed E-state index contributed by atoms with van der Waals surface area (Å²) in [5.74, 6) is -16.8. The number of H-pyrrole nitrogens is 2. The van der Waals surface area contributed by atoms with Crippen molar-refractivity contribution >= 4 is 127 Å². The van der Waals surface area contributed by atoms with E-state index in [2.05, 4.69) is 89.4 Å². The molecular weight excluding hydrogens is 1550 g/mol. The number of primary amides is 1. The Morgan fingerprint density at radius 1 is 0.629 bits per heavy atom. The number of phenolic OH excluding ortho intramolecular Hbond substituents is 1. The van der Waals surface area contributed by atoms with Crippen molar-refractivity contribution < 1.29 is 87.2 Å². The summed E-state index contributed by atoms with van der Waals surface area (Å²) in [5, 5.41) is 75.9. The summed E-state index contributed by atoms with van der Waals surface area (Å²) < 4.78 is 0. The lowest BCUT2D eigenvalue weighted by molar-refractivity contribution is -0.142. The molecule has 13 atom stereocenters. The predicted molar refractivity (Wildman–Crippen MR) is 424 cm³/mol. The molecule has 0 saturated carbocycles. The number of guanidine groups is 1. The number of imidazole rings is 1. The van der Waals surface area contributed by atoms with Gasteiger partial charge in [-0.1, -0.05) is 96.1 Å². The van der Waals surface area contributed by atoms with Gasteiger partial charge in [-0.05, 0) is 85.8 Å². The van der Waals surface area contributed by atoms with Crippen LogP contribution in [-0.2, 0) is 97.6 Å². The molecule has 8 rings (SSSR count). The van der Waals surface area contributed by atoms with Gasteiger partial charge in [0.05, 0.1) is 26.0 Å². The number of aliphatic hydroxyl groups excluding tert-OH is 2. The molecule has 2 bridgehead atoms. The standard InChI is InChI=1S/C75H101N21O18S2/c1-39(2)61(62(76)102)95-73(113)59-19-12-26-96(59)74(114)49-17-9-10-24-80-60(101)31-54-68(108)90-53(30-44-33-79-38-83-44)67(107)87-50(27-41-13-5-4-6-14-41)64(104)85-48(18-11-25-81-75(77)78)63(103)89-52(29-43-32-82-47-16-8-7-15-46(43)47)66(106)93-57(71(111)86-49)36-115-116-37-58(72(112)91-54)94-70(110)56(35-98)92-65(105)51(28-42-20-22-45(100)23-21-42)88-69(109)55(34-97)84-40(3)99/h4-8,13-16,20-23,32-33,38-39,48-59,61,82,97-98,100H,9-12,17-19,24-31,34-37H2,1-3H3,(H2,76,102)(H,79,83)(H,80,101)(H,84,99)(H,85,104)(H,86,111)(H,87,107)(H,88,109)(H,89,103)(H,90,108)(H,91,112)(H,92,105)(H,93,106)(H,94,110)(H,95,113)(H4,77,78,81)/t48-,49-,50+,51-,52-,53-,54-,55-,56-,57-,58-,59-,61-/m0/s1. The minimum absolute atomic E-state index is 0.00409. The van der Waals surface area contributed by atoms with Gasteiger partial charge >= 0.3 is 0 Å². The lowest BCUT2D eigenvalue weighted by Gasteiger charge is -2.31. The zero-order valence-corrected chi connectivity index (χ0v) is 65.7. The van der Waals surface area contributed by atoms with Crippen molar-refractivity contribution in [1.82, 2.24) is 94.3 Å². The van der Waals surface area contributed by atoms with Gasteiger partial charge in [-0.3, -0.25) is 77.3 Å². The molecular formula is C75H101N21O18S2. The molecule has 3 saturated heterocycles. The van der Waals surface area contributed by atoms with Crippen molar-refractivity contribution in [2.24, 2.45) is 17.4 Å². The minimum atomic E-state index is -1.99. The number of aromatic nitrogens is 3. The smallest absolute Gasteiger partial charge is 0.245 e. The number of likely N-dealkylation sites (tertiary alicyclic amines) is 1. The molecule has 41 heteroatoms. The van der Waals surface area contributed by atoms with Crippen LogP contribution in [0.25, 0.3) is 10.9 Å². The fourth-order valence-corrected chi connectivity index (χ4v) is 15.5. The number of carbonyl (C=O) groups is 15. The Kier molecular flexibility index (Phi) is 34.1. The highest BCUT2D eigenvalue weighted by Gasteiger charge is 2.42. The van der Waals surface area contributed by atoms with Gasteiger partial charge in [-0.25, -0.2) is 4.98 Å². The molecule has 3 fully saturated rings. The van der Waals surface area contributed by atoms with Gasteiger partial charge < -0.3 is 116 Å². The Labute approximate surface area is 674 Å². The summed E-state index contributed by atoms with van der Waals surface area (Å²) in [7, 11) is 1.58. The van der Waals surface area contributed by atoms with Gasteiger partial charge in [0.15, 0.2) is 5.96 Å². The van der Waals surface area contributed by atoms with Gasteiger partial charge in [0, 0.05) is 92.7 Å². The first kappa shape index (κ1) is 89.7. The quantitative estimate of drug-likeness (QED) is 0.0107. The first-order valence-corrected chi connectivity index (χ1v) is 40.3. The Morgan fingerprint density at radius 3 is 1.91 bits per heavy atom. The maximum Gasteiger partial charge on any atom is 0.245 e. The molecule has 626 valence electrons. The lowest BCUT2D eigenvalue weighted by atomic mass is 10.0. The average Bonchev–Trinajstić information content (AvgIpc) is 1.63. The molecule has 0 spiro atoms. The van der Waals surface area contributed by atoms with Crippen molar-refractivity contribution in [3.8, 4) is 5.75 Å². The number of aromatic hydroxyl groups is 1. The number of rotatable bonds is 26. The van der Waals surface area contributed by atoms with Crippen LogP contribution in [0.4, 0.5) is 0 Å². The van der Waals surface area contributed by atoms with Gasteiger partial charge in [0.1, 0.15) is 84.3 Å². The normalized spacial score (nSPS) is 22.3. The number of nitrogens with one attached hydrogen (secondary N) is 17. The van der Waals surface area contributed by atoms with Gasteiger partial charge in [0.2, 0.25) is 88.6 Å². The highest BCUT2D eigenvalue weighted by molar-refractivity contribution is 8.76. The Morgan fingerprint density at radius 2 is 1.24 bits per heavy atom. The van der Waals surface area contributed by atoms with E-state index in [0.717, 1.165) is 28.5 Å². The van der Waals surface area contributed by atoms with Crippen molar-refractivity contribution in [3.63, 3.8) is 0 Å². The second kappa shape index (κ2) is 44.1. The van der Waals surface area contributed by atoms with E-state index in [1.807, 2.05) is 0 Å². The van der Waals surface area contributed by atoms with E-state index in [1.54, 1.807) is 74.6 Å². The summed E-state index contributed by atoms with van der Waals surface area (Å²) in [6.45, 7) is 2.12. The molecule has 15 amide bonds. The van der Waals surface area contributed by atoms with Gasteiger partial charge in [-0.2, -0.15) is 0 Å². The van der Waals surface area contributed by atoms with Crippen molar-refractivity contribution in [2.75, 3.05) is 44.4 Å². The third-order valence-corrected chi connectivity index (χ3v) is 21.8. The summed E-state index contributed by atoms with van der Waals surface area (Å²) in [6, 6.07) is -0.288. The number of nitrogens with two attached hydrogens (primary N) is 2. The second-order valence-electron chi connectivity index (χ2n) is 28.6. The van der Waals surface area contributed by atoms with Crippen LogP contribution in [0.2, 0.25) is 0 Å². The SMILES string of the molecule is CC(=O)N[C@@H](CO)C(=O)N[C@@H](Cc1ccc(O)cc1)C(=O)N[C@@H](CO)C(=O)N[C@H]1CSSC[C@@H]2NC(=O)[C@H](Cc3c[nH]c4ccccc34)NC(=O)[C@H](CCCNC(=N)N)NC(=O)[C@@H](Cc3ccccc3)NC(=O)[C@H](Cc3cnc[nH]3)NC(=O)[C@H](CC(=O)NCCCC[C@@H](C(=O)N3CCC[C@H]3C(=O)N[C@H](C(N)=O)C(C)C)NC2=O)NC1=O. The molecule has 0 radical (unpaired) electrons. The molecule has 116 heavy (non-hydrogen) atoms. The fourth-order valence-electron chi connectivity index (χ4n) is 13.2. The van der Waals surface area contributed by atoms with E-state index in [1.165, 1.54) is 41.7 Å². The van der Waals surface area contributed by atoms with Crippen molar-refractivity contribution in [1.29, 1.82) is 5.41 Å². The van der Waals surface area contributed by atoms with Crippen molar-refractivity contribution in [3.05, 3.63) is 120 Å². The topological polar surface area (TPSA) is 609 Å². The van der Waals surface area contributed by atoms with E-state index in [-0.39, 0.29) is 88.9 Å². The van der Waals surface area contributed by atoms with Crippen molar-refractivity contribution in [2.45, 2.75) is 176 Å². The number of aromatic amines is 2. The largest absolute Gasteiger partial charge is 0.508 e. The van der Waals surface area contributed by atoms with E-state index < -0.39 is 217 Å². The molecule has 0 aliphatic carbocycles. The first-order valence-electron chi connectivity index (χ1n) is 37.8. The number of nitrogens with zero attached hydrogens (tertiary/aromatic N) is 2. The summed E-state index contributed by atoms with van der Waals surface area (Å²) in [6.07, 6.45) is 2.30. The number of aliphatic hydroxyl groups is 2. The van der Waals surface area contributed by atoms with Crippen LogP contribution in [-0.4, -0.2) is 253 Å². The number of benzene rings is 3. The first-order chi connectivity index (χ1) is 55.5. The van der Waals surface area contributed by atoms with E-state index in [0.29, 0.717) is 34.0 Å². The van der Waals surface area contributed by atoms with Crippen LogP contribution < -0.4 is 85.9 Å². The molecule has 0 unspecified atom stereocenters. The Hall–Kier alpha value is -11.8. The zero-order valence-electron chi connectivity index (χ0n) is 64.1. The number of phenols is 1. The summed E-state index contributed by atoms with van der Waals surface area (Å²) in [4.78, 5) is 230. The summed E-state index contributed by atoms with van der Waals surface area (Å²) in [5.41, 5.74) is 13.5. The molecule has 39 nitrogen and oxygen atoms in total. The third-order valence-electron chi connectivity index (χ3n) is 19.4. The average molecular weight is 1650 g/mol. The molecule has 3 aliphatic rings. The fraction of sp³-hybridized carbons (Fsp3) is 0.480. The van der Waals surface area contributed by atoms with Crippen LogP contribution >= 0.6 is 21.6 Å². The molecule has 5 heterocycles. The third kappa shape index (κ3) is 26.9. The number of para-hydroxylation sites is 1. The number of hydrogen-bond acceptors (Lipinski definition) is 22. The number of carbonyl (C=O) groups excluding carboxylic acids is 15. The molecule has 2 aromatic heterocycles. The zero-order chi connectivity index (χ0) is 84.1. The molecule has 3 aromatic carbocycles. The van der Waals surface area contributed by atoms with Crippen LogP contribution in [0.1, 0.15) is 94.5 Å². The van der Waals surface area contributed by atoms with E-state index in [4.69, 9.17) is 16.9 Å². The highest BCUT2D eigenvalue weighted by Crippen LogP contribution is 2.27. The van der Waals surface area contributed by atoms with Crippen LogP contribution in [0.3, 0.4) is 0 Å². The number of fused-ring (bicyclic) bond motifs is 9. The van der Waals surface area contributed by atoms with E-state index in [9.17, 15) is 48.9 Å². The van der Waals surface area contributed by atoms with Gasteiger partial charge in [-0.15, -0.1) is 0 Å². The maximum atomic E-state index is 15.6. The Balaban J connectivity index is 1.25. The second-order valence-corrected chi connectivity index (χ2v) is 31.1. The van der Waals surface area contributed by atoms with Crippen LogP contribution in [0.15, 0.2) is 97.6 Å². The minimum Gasteiger partial charge on any atom is -0.508 e. The lowest BCUT2D eigenvalue weighted by Crippen LogP contribution is -2.62. The number of amides is 15. The van der Waals surface area contributed by atoms with Crippen LogP contribution in [0.5, 0.6) is 5.75 Å². The molecule has 3 aliphatic heterocycles.